The molecule has 1 aliphatic heterocycles. The molecule has 1 saturated heterocycles. The summed E-state index contributed by atoms with van der Waals surface area (Å²) in [5, 5.41) is 13.9. The van der Waals surface area contributed by atoms with Gasteiger partial charge in [0.05, 0.1) is 11.6 Å². The van der Waals surface area contributed by atoms with E-state index in [2.05, 4.69) is 5.10 Å². The van der Waals surface area contributed by atoms with Gasteiger partial charge in [0, 0.05) is 24.3 Å². The van der Waals surface area contributed by atoms with Crippen molar-refractivity contribution in [3.8, 4) is 11.3 Å². The number of benzene rings is 1. The van der Waals surface area contributed by atoms with Crippen molar-refractivity contribution in [3.05, 3.63) is 42.1 Å². The minimum absolute atomic E-state index is 0.0429. The lowest BCUT2D eigenvalue weighted by molar-refractivity contribution is -0.144. The van der Waals surface area contributed by atoms with Gasteiger partial charge in [0.15, 0.2) is 12.0 Å². The van der Waals surface area contributed by atoms with Crippen LogP contribution in [-0.2, 0) is 9.53 Å². The van der Waals surface area contributed by atoms with Crippen LogP contribution in [0.25, 0.3) is 11.3 Å². The summed E-state index contributed by atoms with van der Waals surface area (Å²) in [5.41, 5.74) is 2.52. The Labute approximate surface area is 164 Å². The minimum Gasteiger partial charge on any atom is -0.481 e. The summed E-state index contributed by atoms with van der Waals surface area (Å²) in [4.78, 5) is 24.4. The summed E-state index contributed by atoms with van der Waals surface area (Å²) < 4.78 is 7.76. The van der Waals surface area contributed by atoms with Crippen molar-refractivity contribution in [3.63, 3.8) is 0 Å². The summed E-state index contributed by atoms with van der Waals surface area (Å²) in [5.74, 6) is -1.89. The van der Waals surface area contributed by atoms with Gasteiger partial charge in [-0.1, -0.05) is 37.1 Å². The van der Waals surface area contributed by atoms with Gasteiger partial charge in [-0.3, -0.25) is 9.59 Å². The number of nitrogens with zero attached hydrogens (tertiary/aromatic N) is 2. The molecule has 4 rings (SSSR count). The lowest BCUT2D eigenvalue weighted by Gasteiger charge is -2.27. The van der Waals surface area contributed by atoms with E-state index in [1.54, 1.807) is 6.20 Å². The van der Waals surface area contributed by atoms with Crippen LogP contribution in [0.5, 0.6) is 0 Å². The highest BCUT2D eigenvalue weighted by molar-refractivity contribution is 6.00. The summed E-state index contributed by atoms with van der Waals surface area (Å²) >= 11 is 0. The van der Waals surface area contributed by atoms with E-state index >= 15 is 0 Å². The van der Waals surface area contributed by atoms with Crippen LogP contribution in [0.1, 0.15) is 61.5 Å². The van der Waals surface area contributed by atoms with Crippen LogP contribution in [0.4, 0.5) is 0 Å². The molecule has 3 atom stereocenters. The van der Waals surface area contributed by atoms with Crippen molar-refractivity contribution in [2.24, 2.45) is 11.8 Å². The maximum absolute atomic E-state index is 12.9. The second-order valence-corrected chi connectivity index (χ2v) is 7.76. The maximum atomic E-state index is 12.9. The number of ketones is 1. The third kappa shape index (κ3) is 3.74. The Hall–Kier alpha value is -2.47. The average molecular weight is 382 g/mol. The third-order valence-electron chi connectivity index (χ3n) is 5.98. The van der Waals surface area contributed by atoms with Gasteiger partial charge in [-0.2, -0.15) is 5.10 Å². The molecule has 28 heavy (non-hydrogen) atoms. The first-order valence-corrected chi connectivity index (χ1v) is 10.2. The van der Waals surface area contributed by atoms with Crippen LogP contribution in [-0.4, -0.2) is 33.2 Å². The molecule has 1 aromatic carbocycles. The van der Waals surface area contributed by atoms with Crippen molar-refractivity contribution >= 4 is 11.8 Å². The Morgan fingerprint density at radius 1 is 0.964 bits per heavy atom. The van der Waals surface area contributed by atoms with Gasteiger partial charge in [-0.05, 0) is 43.7 Å². The second kappa shape index (κ2) is 8.27. The fourth-order valence-electron chi connectivity index (χ4n) is 4.45. The van der Waals surface area contributed by atoms with Gasteiger partial charge in [-0.25, -0.2) is 4.68 Å². The van der Waals surface area contributed by atoms with Crippen molar-refractivity contribution < 1.29 is 19.4 Å². The predicted octanol–water partition coefficient (Wildman–Crippen LogP) is 4.32. The summed E-state index contributed by atoms with van der Waals surface area (Å²) in [7, 11) is 0. The van der Waals surface area contributed by atoms with Gasteiger partial charge in [0.2, 0.25) is 0 Å². The number of rotatable bonds is 5. The first-order valence-electron chi connectivity index (χ1n) is 10.2. The minimum atomic E-state index is -0.856. The largest absolute Gasteiger partial charge is 0.481 e. The first-order chi connectivity index (χ1) is 13.6. The highest BCUT2D eigenvalue weighted by atomic mass is 16.5. The zero-order chi connectivity index (χ0) is 19.5. The predicted molar refractivity (Wildman–Crippen MR) is 104 cm³/mol. The van der Waals surface area contributed by atoms with E-state index in [1.165, 1.54) is 0 Å². The zero-order valence-corrected chi connectivity index (χ0v) is 15.9. The molecule has 2 aromatic rings. The van der Waals surface area contributed by atoms with Crippen LogP contribution >= 0.6 is 0 Å². The fourth-order valence-corrected chi connectivity index (χ4v) is 4.45. The van der Waals surface area contributed by atoms with Crippen molar-refractivity contribution in [1.82, 2.24) is 9.78 Å². The molecule has 2 fully saturated rings. The van der Waals surface area contributed by atoms with Crippen molar-refractivity contribution in [2.45, 2.75) is 51.2 Å². The Morgan fingerprint density at radius 2 is 1.68 bits per heavy atom. The van der Waals surface area contributed by atoms with Crippen LogP contribution in [0, 0.1) is 11.8 Å². The molecule has 0 bridgehead atoms. The standard InChI is InChI=1S/C22H26N2O4/c25-21(17-5-1-2-6-18(17)22(26)27)16-10-8-15(9-11-16)19-12-13-23-24(19)20-7-3-4-14-28-20/h8-13,17-18,20H,1-7,14H2,(H,26,27)/t17-,18-,20?/m1/s1. The Kier molecular flexibility index (Phi) is 5.57. The molecule has 0 amide bonds. The highest BCUT2D eigenvalue weighted by Gasteiger charge is 2.36. The number of aromatic nitrogens is 2. The molecule has 1 aliphatic carbocycles. The summed E-state index contributed by atoms with van der Waals surface area (Å²) in [6.45, 7) is 0.754. The number of carboxylic acid groups (broad SMARTS) is 1. The number of Topliss-reactive ketones (excluding diaryl/α,β-unsaturated/α-hetero) is 1. The Balaban J connectivity index is 1.54. The highest BCUT2D eigenvalue weighted by Crippen LogP contribution is 2.34. The molecule has 2 heterocycles. The van der Waals surface area contributed by atoms with Crippen LogP contribution in [0.3, 0.4) is 0 Å². The first kappa shape index (κ1) is 18.9. The average Bonchev–Trinajstić information content (AvgIpc) is 3.24. The molecular formula is C22H26N2O4. The second-order valence-electron chi connectivity index (χ2n) is 7.76. The molecule has 0 spiro atoms. The van der Waals surface area contributed by atoms with Gasteiger partial charge < -0.3 is 9.84 Å². The van der Waals surface area contributed by atoms with Crippen LogP contribution in [0.2, 0.25) is 0 Å². The van der Waals surface area contributed by atoms with E-state index in [1.807, 2.05) is 35.0 Å². The van der Waals surface area contributed by atoms with Crippen molar-refractivity contribution in [1.29, 1.82) is 0 Å². The third-order valence-corrected chi connectivity index (χ3v) is 5.98. The fraction of sp³-hybridized carbons (Fsp3) is 0.500. The number of carboxylic acids is 1. The Bertz CT molecular complexity index is 836. The lowest BCUT2D eigenvalue weighted by atomic mass is 9.75. The summed E-state index contributed by atoms with van der Waals surface area (Å²) in [6, 6.07) is 9.41. The molecular weight excluding hydrogens is 356 g/mol. The molecule has 6 nitrogen and oxygen atoms in total. The molecule has 148 valence electrons. The van der Waals surface area contributed by atoms with Crippen molar-refractivity contribution in [2.75, 3.05) is 6.61 Å². The monoisotopic (exact) mass is 382 g/mol. The lowest BCUT2D eigenvalue weighted by Crippen LogP contribution is -2.32. The SMILES string of the molecule is O=C(O)[C@@H]1CCCC[C@H]1C(=O)c1ccc(-c2ccnn2C2CCCCO2)cc1. The van der Waals surface area contributed by atoms with E-state index in [0.29, 0.717) is 18.4 Å². The summed E-state index contributed by atoms with van der Waals surface area (Å²) in [6.07, 6.45) is 7.93. The van der Waals surface area contributed by atoms with E-state index in [4.69, 9.17) is 4.74 Å². The molecule has 1 N–H and O–H groups in total. The number of ether oxygens (including phenoxy) is 1. The molecule has 1 aromatic heterocycles. The maximum Gasteiger partial charge on any atom is 0.307 e. The quantitative estimate of drug-likeness (QED) is 0.779. The van der Waals surface area contributed by atoms with Gasteiger partial charge in [-0.15, -0.1) is 0 Å². The van der Waals surface area contributed by atoms with E-state index in [0.717, 1.165) is 50.0 Å². The van der Waals surface area contributed by atoms with Gasteiger partial charge in [0.1, 0.15) is 0 Å². The smallest absolute Gasteiger partial charge is 0.307 e. The number of aliphatic carboxylic acids is 1. The zero-order valence-electron chi connectivity index (χ0n) is 15.9. The molecule has 0 radical (unpaired) electrons. The molecule has 2 aliphatic rings. The molecule has 1 unspecified atom stereocenters. The number of hydrogen-bond donors (Lipinski definition) is 1. The molecule has 6 heteroatoms. The normalized spacial score (nSPS) is 25.4. The van der Waals surface area contributed by atoms with Gasteiger partial charge in [0.25, 0.3) is 0 Å². The number of hydrogen-bond acceptors (Lipinski definition) is 4. The van der Waals surface area contributed by atoms with Crippen LogP contribution < -0.4 is 0 Å². The van der Waals surface area contributed by atoms with Crippen LogP contribution in [0.15, 0.2) is 36.5 Å². The van der Waals surface area contributed by atoms with E-state index in [9.17, 15) is 14.7 Å². The number of carbonyl (C=O) groups is 2. The molecule has 1 saturated carbocycles. The topological polar surface area (TPSA) is 81.4 Å². The van der Waals surface area contributed by atoms with Gasteiger partial charge >= 0.3 is 5.97 Å². The Morgan fingerprint density at radius 3 is 2.36 bits per heavy atom. The van der Waals surface area contributed by atoms with E-state index in [-0.39, 0.29) is 12.0 Å². The number of carbonyl (C=O) groups excluding carboxylic acids is 1. The van der Waals surface area contributed by atoms with E-state index < -0.39 is 17.8 Å².